The molecule has 9 nitrogen and oxygen atoms in total. The highest BCUT2D eigenvalue weighted by Gasteiger charge is 2.70. The zero-order chi connectivity index (χ0) is 21.3. The molecule has 0 aliphatic heterocycles. The van der Waals surface area contributed by atoms with Gasteiger partial charge in [0.05, 0.1) is 17.5 Å². The Morgan fingerprint density at radius 1 is 1.06 bits per heavy atom. The van der Waals surface area contributed by atoms with E-state index in [1.54, 1.807) is 6.07 Å². The maximum absolute atomic E-state index is 11.0. The standard InChI is InChI=1S/C22H23N7O2/c23-15-4-2-11-1-3-12(27-20(11)28-15)5-7-22-9-14(22)16(17(30)18(22)31)29-8-6-13-19(24)25-10-26-21(13)29/h1-4,6,8,10,14,16-18,30-31H,5,7,9H2,(H2,23,27,28)(H2,24,25,26)/t14?,16-,17+,18+,22-/m1/s1. The van der Waals surface area contributed by atoms with Crippen LogP contribution in [0.1, 0.15) is 24.6 Å². The van der Waals surface area contributed by atoms with Gasteiger partial charge in [-0.15, -0.1) is 0 Å². The van der Waals surface area contributed by atoms with Gasteiger partial charge in [0.2, 0.25) is 0 Å². The van der Waals surface area contributed by atoms with Crippen molar-refractivity contribution in [1.29, 1.82) is 0 Å². The highest BCUT2D eigenvalue weighted by Crippen LogP contribution is 2.69. The molecule has 0 amide bonds. The molecule has 5 atom stereocenters. The van der Waals surface area contributed by atoms with Crippen LogP contribution >= 0.6 is 0 Å². The number of rotatable bonds is 4. The molecule has 4 aromatic rings. The van der Waals surface area contributed by atoms with E-state index in [9.17, 15) is 10.2 Å². The molecule has 0 bridgehead atoms. The Kier molecular flexibility index (Phi) is 3.78. The van der Waals surface area contributed by atoms with Crippen molar-refractivity contribution in [2.24, 2.45) is 11.3 Å². The number of hydrogen-bond donors (Lipinski definition) is 4. The SMILES string of the molecule is Nc1ccc2ccc(CC[C@@]34CC3[C@@H](n3ccc5c(N)ncnc53)[C@H](O)[C@@H]4O)nc2n1. The predicted octanol–water partition coefficient (Wildman–Crippen LogP) is 1.45. The minimum Gasteiger partial charge on any atom is -0.390 e. The second kappa shape index (κ2) is 6.35. The molecule has 2 aliphatic rings. The van der Waals surface area contributed by atoms with E-state index in [2.05, 4.69) is 19.9 Å². The van der Waals surface area contributed by atoms with Gasteiger partial charge in [-0.2, -0.15) is 0 Å². The average Bonchev–Trinajstić information content (AvgIpc) is 3.25. The number of hydrogen-bond acceptors (Lipinski definition) is 8. The minimum atomic E-state index is -0.864. The molecule has 4 heterocycles. The number of pyridine rings is 2. The van der Waals surface area contributed by atoms with Crippen LogP contribution in [-0.4, -0.2) is 46.9 Å². The van der Waals surface area contributed by atoms with E-state index >= 15 is 0 Å². The third-order valence-electron chi connectivity index (χ3n) is 7.19. The molecule has 0 spiro atoms. The van der Waals surface area contributed by atoms with Gasteiger partial charge in [-0.1, -0.05) is 0 Å². The molecule has 2 aliphatic carbocycles. The average molecular weight is 417 g/mol. The van der Waals surface area contributed by atoms with Crippen LogP contribution in [0.4, 0.5) is 11.6 Å². The van der Waals surface area contributed by atoms with Gasteiger partial charge in [0.1, 0.15) is 29.7 Å². The highest BCUT2D eigenvalue weighted by molar-refractivity contribution is 5.86. The summed E-state index contributed by atoms with van der Waals surface area (Å²) >= 11 is 0. The molecule has 6 rings (SSSR count). The summed E-state index contributed by atoms with van der Waals surface area (Å²) in [6.45, 7) is 0. The molecule has 0 aromatic carbocycles. The number of aliphatic hydroxyl groups excluding tert-OH is 2. The fraction of sp³-hybridized carbons (Fsp3) is 0.364. The van der Waals surface area contributed by atoms with Crippen LogP contribution in [0.2, 0.25) is 0 Å². The first-order valence-corrected chi connectivity index (χ1v) is 10.4. The van der Waals surface area contributed by atoms with Crippen molar-refractivity contribution < 1.29 is 10.2 Å². The first kappa shape index (κ1) is 18.5. The van der Waals surface area contributed by atoms with Crippen molar-refractivity contribution >= 4 is 33.7 Å². The number of fused-ring (bicyclic) bond motifs is 3. The summed E-state index contributed by atoms with van der Waals surface area (Å²) in [4.78, 5) is 17.3. The Hall–Kier alpha value is -3.30. The number of anilines is 2. The predicted molar refractivity (Wildman–Crippen MR) is 116 cm³/mol. The van der Waals surface area contributed by atoms with E-state index < -0.39 is 12.2 Å². The lowest BCUT2D eigenvalue weighted by Crippen LogP contribution is -2.34. The Bertz CT molecular complexity index is 1320. The molecule has 9 heteroatoms. The van der Waals surface area contributed by atoms with Crippen molar-refractivity contribution in [3.63, 3.8) is 0 Å². The molecule has 158 valence electrons. The summed E-state index contributed by atoms with van der Waals surface area (Å²) in [5.41, 5.74) is 13.7. The lowest BCUT2D eigenvalue weighted by molar-refractivity contribution is -0.0192. The fourth-order valence-electron chi connectivity index (χ4n) is 5.49. The zero-order valence-corrected chi connectivity index (χ0v) is 16.8. The van der Waals surface area contributed by atoms with E-state index in [4.69, 9.17) is 11.5 Å². The van der Waals surface area contributed by atoms with E-state index in [0.29, 0.717) is 29.4 Å². The molecular formula is C22H23N7O2. The number of nitrogens with zero attached hydrogens (tertiary/aromatic N) is 5. The third-order valence-corrected chi connectivity index (χ3v) is 7.19. The lowest BCUT2D eigenvalue weighted by atomic mass is 9.92. The van der Waals surface area contributed by atoms with Crippen LogP contribution in [0.25, 0.3) is 22.1 Å². The molecule has 31 heavy (non-hydrogen) atoms. The number of nitrogens with two attached hydrogens (primary N) is 2. The van der Waals surface area contributed by atoms with Crippen LogP contribution in [0, 0.1) is 11.3 Å². The van der Waals surface area contributed by atoms with Gasteiger partial charge in [0, 0.05) is 22.7 Å². The van der Waals surface area contributed by atoms with Crippen molar-refractivity contribution in [3.05, 3.63) is 48.5 Å². The first-order valence-electron chi connectivity index (χ1n) is 10.4. The van der Waals surface area contributed by atoms with Gasteiger partial charge in [-0.3, -0.25) is 0 Å². The van der Waals surface area contributed by atoms with Gasteiger partial charge in [0.25, 0.3) is 0 Å². The van der Waals surface area contributed by atoms with Crippen LogP contribution in [0.15, 0.2) is 42.9 Å². The van der Waals surface area contributed by atoms with E-state index in [-0.39, 0.29) is 17.4 Å². The summed E-state index contributed by atoms with van der Waals surface area (Å²) in [5, 5.41) is 23.6. The third kappa shape index (κ3) is 2.63. The van der Waals surface area contributed by atoms with E-state index in [1.807, 2.05) is 35.0 Å². The van der Waals surface area contributed by atoms with Gasteiger partial charge >= 0.3 is 0 Å². The second-order valence-corrected chi connectivity index (χ2v) is 8.77. The minimum absolute atomic E-state index is 0.165. The Balaban J connectivity index is 1.27. The van der Waals surface area contributed by atoms with Crippen LogP contribution < -0.4 is 11.5 Å². The van der Waals surface area contributed by atoms with Crippen molar-refractivity contribution in [3.8, 4) is 0 Å². The molecule has 2 fully saturated rings. The molecular weight excluding hydrogens is 394 g/mol. The molecule has 0 radical (unpaired) electrons. The monoisotopic (exact) mass is 417 g/mol. The quantitative estimate of drug-likeness (QED) is 0.390. The number of nitrogen functional groups attached to an aromatic ring is 2. The fourth-order valence-corrected chi connectivity index (χ4v) is 5.49. The first-order chi connectivity index (χ1) is 15.0. The van der Waals surface area contributed by atoms with Gasteiger partial charge in [-0.25, -0.2) is 19.9 Å². The van der Waals surface area contributed by atoms with Gasteiger partial charge in [-0.05, 0) is 55.5 Å². The maximum atomic E-state index is 11.0. The Morgan fingerprint density at radius 3 is 2.77 bits per heavy atom. The van der Waals surface area contributed by atoms with Gasteiger partial charge in [0.15, 0.2) is 5.65 Å². The normalized spacial score (nSPS) is 29.5. The van der Waals surface area contributed by atoms with Crippen molar-refractivity contribution in [2.75, 3.05) is 11.5 Å². The van der Waals surface area contributed by atoms with Crippen LogP contribution in [0.5, 0.6) is 0 Å². The molecule has 6 N–H and O–H groups in total. The second-order valence-electron chi connectivity index (χ2n) is 8.77. The summed E-state index contributed by atoms with van der Waals surface area (Å²) < 4.78 is 1.95. The largest absolute Gasteiger partial charge is 0.390 e. The van der Waals surface area contributed by atoms with E-state index in [1.165, 1.54) is 6.33 Å². The van der Waals surface area contributed by atoms with E-state index in [0.717, 1.165) is 29.3 Å². The topological polar surface area (TPSA) is 149 Å². The maximum Gasteiger partial charge on any atom is 0.161 e. The summed E-state index contributed by atoms with van der Waals surface area (Å²) in [7, 11) is 0. The van der Waals surface area contributed by atoms with Gasteiger partial charge < -0.3 is 26.2 Å². The Morgan fingerprint density at radius 2 is 1.90 bits per heavy atom. The smallest absolute Gasteiger partial charge is 0.161 e. The zero-order valence-electron chi connectivity index (χ0n) is 16.8. The lowest BCUT2D eigenvalue weighted by Gasteiger charge is -2.24. The number of aliphatic hydroxyl groups is 2. The molecule has 2 saturated carbocycles. The molecule has 1 unspecified atom stereocenters. The highest BCUT2D eigenvalue weighted by atomic mass is 16.3. The molecule has 0 saturated heterocycles. The van der Waals surface area contributed by atoms with Crippen LogP contribution in [0.3, 0.4) is 0 Å². The Labute approximate surface area is 177 Å². The van der Waals surface area contributed by atoms with Crippen molar-refractivity contribution in [1.82, 2.24) is 24.5 Å². The summed E-state index contributed by atoms with van der Waals surface area (Å²) in [6.07, 6.45) is 3.94. The summed E-state index contributed by atoms with van der Waals surface area (Å²) in [6, 6.07) is 9.27. The van der Waals surface area contributed by atoms with Crippen molar-refractivity contribution in [2.45, 2.75) is 37.5 Å². The number of aromatic nitrogens is 5. The molecule has 4 aromatic heterocycles. The number of aryl methyl sites for hydroxylation is 1. The summed E-state index contributed by atoms with van der Waals surface area (Å²) in [5.74, 6) is 1.02. The van der Waals surface area contributed by atoms with Crippen LogP contribution in [-0.2, 0) is 6.42 Å².